The van der Waals surface area contributed by atoms with Crippen molar-refractivity contribution >= 4 is 11.8 Å². The van der Waals surface area contributed by atoms with E-state index in [1.165, 1.54) is 0 Å². The van der Waals surface area contributed by atoms with Gasteiger partial charge in [0.1, 0.15) is 5.60 Å². The van der Waals surface area contributed by atoms with Crippen LogP contribution in [0.15, 0.2) is 24.3 Å². The van der Waals surface area contributed by atoms with Gasteiger partial charge in [-0.3, -0.25) is 4.90 Å². The Balaban J connectivity index is 2.23. The van der Waals surface area contributed by atoms with Crippen LogP contribution in [-0.4, -0.2) is 50.3 Å². The van der Waals surface area contributed by atoms with E-state index in [2.05, 4.69) is 28.4 Å². The van der Waals surface area contributed by atoms with Gasteiger partial charge >= 0.3 is 6.09 Å². The Morgan fingerprint density at radius 3 is 2.73 bits per heavy atom. The smallest absolute Gasteiger partial charge is 0.410 e. The number of rotatable bonds is 2. The minimum Gasteiger partial charge on any atom is -0.444 e. The molecule has 5 heteroatoms. The number of nitrogens with one attached hydrogen (secondary N) is 1. The second-order valence-electron chi connectivity index (χ2n) is 6.88. The molecule has 1 heterocycles. The molecule has 0 spiro atoms. The van der Waals surface area contributed by atoms with E-state index in [0.29, 0.717) is 6.54 Å². The number of carbonyl (C=O) groups excluding carboxylic acids is 1. The summed E-state index contributed by atoms with van der Waals surface area (Å²) in [6.07, 6.45) is -0.241. The predicted octanol–water partition coefficient (Wildman–Crippen LogP) is 2.63. The molecule has 1 aliphatic heterocycles. The number of benzene rings is 1. The zero-order valence-corrected chi connectivity index (χ0v) is 14.2. The summed E-state index contributed by atoms with van der Waals surface area (Å²) in [6.45, 7) is 7.89. The average Bonchev–Trinajstić information content (AvgIpc) is 2.45. The number of carbonyl (C=O) groups is 1. The Kier molecular flexibility index (Phi) is 4.96. The van der Waals surface area contributed by atoms with Crippen molar-refractivity contribution in [1.82, 2.24) is 10.2 Å². The SMILES string of the molecule is CN(C)c1cccc(C2CNCCN2C(=O)OC(C)(C)C)c1. The average molecular weight is 305 g/mol. The predicted molar refractivity (Wildman–Crippen MR) is 89.3 cm³/mol. The molecule has 1 aliphatic rings. The zero-order chi connectivity index (χ0) is 16.3. The molecule has 1 unspecified atom stereocenters. The standard InChI is InChI=1S/C17H27N3O2/c1-17(2,3)22-16(21)20-10-9-18-12-15(20)13-7-6-8-14(11-13)19(4)5/h6-8,11,15,18H,9-10,12H2,1-5H3. The van der Waals surface area contributed by atoms with Crippen LogP contribution in [0.3, 0.4) is 0 Å². The van der Waals surface area contributed by atoms with Gasteiger partial charge in [0.15, 0.2) is 0 Å². The van der Waals surface area contributed by atoms with Crippen LogP contribution < -0.4 is 10.2 Å². The lowest BCUT2D eigenvalue weighted by molar-refractivity contribution is 0.0118. The van der Waals surface area contributed by atoms with Gasteiger partial charge in [-0.25, -0.2) is 4.79 Å². The second-order valence-corrected chi connectivity index (χ2v) is 6.88. The molecule has 1 atom stereocenters. The summed E-state index contributed by atoms with van der Waals surface area (Å²) in [5.74, 6) is 0. The molecule has 22 heavy (non-hydrogen) atoms. The third-order valence-corrected chi connectivity index (χ3v) is 3.64. The van der Waals surface area contributed by atoms with Gasteiger partial charge in [0.05, 0.1) is 6.04 Å². The van der Waals surface area contributed by atoms with E-state index in [1.807, 2.05) is 45.8 Å². The van der Waals surface area contributed by atoms with Crippen molar-refractivity contribution in [3.63, 3.8) is 0 Å². The van der Waals surface area contributed by atoms with Crippen molar-refractivity contribution in [2.45, 2.75) is 32.4 Å². The molecule has 1 N–H and O–H groups in total. The largest absolute Gasteiger partial charge is 0.444 e. The maximum absolute atomic E-state index is 12.5. The lowest BCUT2D eigenvalue weighted by Crippen LogP contribution is -2.50. The van der Waals surface area contributed by atoms with E-state index in [9.17, 15) is 4.79 Å². The molecule has 5 nitrogen and oxygen atoms in total. The first-order valence-electron chi connectivity index (χ1n) is 7.75. The van der Waals surface area contributed by atoms with Crippen LogP contribution in [0.1, 0.15) is 32.4 Å². The monoisotopic (exact) mass is 305 g/mol. The fourth-order valence-corrected chi connectivity index (χ4v) is 2.55. The second kappa shape index (κ2) is 6.57. The van der Waals surface area contributed by atoms with Crippen LogP contribution in [-0.2, 0) is 4.74 Å². The first-order chi connectivity index (χ1) is 10.3. The summed E-state index contributed by atoms with van der Waals surface area (Å²) in [5.41, 5.74) is 1.79. The van der Waals surface area contributed by atoms with E-state index in [1.54, 1.807) is 0 Å². The van der Waals surface area contributed by atoms with Gasteiger partial charge in [-0.15, -0.1) is 0 Å². The lowest BCUT2D eigenvalue weighted by Gasteiger charge is -2.37. The van der Waals surface area contributed by atoms with Crippen molar-refractivity contribution in [3.05, 3.63) is 29.8 Å². The summed E-state index contributed by atoms with van der Waals surface area (Å²) in [6, 6.07) is 8.31. The molecule has 122 valence electrons. The molecule has 1 amide bonds. The number of ether oxygens (including phenoxy) is 1. The Hall–Kier alpha value is -1.75. The van der Waals surface area contributed by atoms with Gasteiger partial charge in [-0.2, -0.15) is 0 Å². The molecule has 1 fully saturated rings. The van der Waals surface area contributed by atoms with E-state index < -0.39 is 5.60 Å². The van der Waals surface area contributed by atoms with Crippen LogP contribution in [0.2, 0.25) is 0 Å². The molecule has 0 aromatic heterocycles. The molecule has 1 aromatic carbocycles. The molecular weight excluding hydrogens is 278 g/mol. The number of hydrogen-bond donors (Lipinski definition) is 1. The fraction of sp³-hybridized carbons (Fsp3) is 0.588. The fourth-order valence-electron chi connectivity index (χ4n) is 2.55. The topological polar surface area (TPSA) is 44.8 Å². The Morgan fingerprint density at radius 2 is 2.09 bits per heavy atom. The van der Waals surface area contributed by atoms with Gasteiger partial charge in [0, 0.05) is 39.4 Å². The molecule has 0 bridgehead atoms. The number of amides is 1. The van der Waals surface area contributed by atoms with Crippen LogP contribution >= 0.6 is 0 Å². The zero-order valence-electron chi connectivity index (χ0n) is 14.2. The van der Waals surface area contributed by atoms with E-state index in [-0.39, 0.29) is 12.1 Å². The van der Waals surface area contributed by atoms with Crippen LogP contribution in [0.5, 0.6) is 0 Å². The van der Waals surface area contributed by atoms with E-state index in [4.69, 9.17) is 4.74 Å². The highest BCUT2D eigenvalue weighted by atomic mass is 16.6. The summed E-state index contributed by atoms with van der Waals surface area (Å²) in [5, 5.41) is 3.37. The molecule has 1 aromatic rings. The lowest BCUT2D eigenvalue weighted by atomic mass is 10.0. The molecular formula is C17H27N3O2. The van der Waals surface area contributed by atoms with Gasteiger partial charge in [0.2, 0.25) is 0 Å². The van der Waals surface area contributed by atoms with Crippen molar-refractivity contribution < 1.29 is 9.53 Å². The minimum atomic E-state index is -0.474. The molecule has 0 radical (unpaired) electrons. The van der Waals surface area contributed by atoms with E-state index >= 15 is 0 Å². The van der Waals surface area contributed by atoms with E-state index in [0.717, 1.165) is 24.3 Å². The number of nitrogens with zero attached hydrogens (tertiary/aromatic N) is 2. The molecule has 1 saturated heterocycles. The Morgan fingerprint density at radius 1 is 1.36 bits per heavy atom. The van der Waals surface area contributed by atoms with Gasteiger partial charge in [-0.1, -0.05) is 12.1 Å². The highest BCUT2D eigenvalue weighted by Gasteiger charge is 2.31. The molecule has 0 aliphatic carbocycles. The van der Waals surface area contributed by atoms with Crippen LogP contribution in [0, 0.1) is 0 Å². The summed E-state index contributed by atoms with van der Waals surface area (Å²) < 4.78 is 5.56. The van der Waals surface area contributed by atoms with Crippen molar-refractivity contribution in [2.24, 2.45) is 0 Å². The summed E-state index contributed by atoms with van der Waals surface area (Å²) >= 11 is 0. The first kappa shape index (κ1) is 16.6. The summed E-state index contributed by atoms with van der Waals surface area (Å²) in [7, 11) is 4.04. The van der Waals surface area contributed by atoms with Crippen molar-refractivity contribution in [2.75, 3.05) is 38.6 Å². The Labute approximate surface area is 133 Å². The highest BCUT2D eigenvalue weighted by Crippen LogP contribution is 2.27. The van der Waals surface area contributed by atoms with Gasteiger partial charge < -0.3 is 15.0 Å². The molecule has 0 saturated carbocycles. The highest BCUT2D eigenvalue weighted by molar-refractivity contribution is 5.69. The number of piperazine rings is 1. The number of anilines is 1. The summed E-state index contributed by atoms with van der Waals surface area (Å²) in [4.78, 5) is 16.4. The maximum atomic E-state index is 12.5. The minimum absolute atomic E-state index is 0.00324. The third kappa shape index (κ3) is 4.13. The Bertz CT molecular complexity index is 523. The molecule has 2 rings (SSSR count). The normalized spacial score (nSPS) is 19.0. The van der Waals surface area contributed by atoms with Crippen molar-refractivity contribution in [3.8, 4) is 0 Å². The third-order valence-electron chi connectivity index (χ3n) is 3.64. The first-order valence-corrected chi connectivity index (χ1v) is 7.75. The van der Waals surface area contributed by atoms with Crippen LogP contribution in [0.4, 0.5) is 10.5 Å². The van der Waals surface area contributed by atoms with Gasteiger partial charge in [0.25, 0.3) is 0 Å². The van der Waals surface area contributed by atoms with Gasteiger partial charge in [-0.05, 0) is 38.5 Å². The quantitative estimate of drug-likeness (QED) is 0.912. The number of hydrogen-bond acceptors (Lipinski definition) is 4. The maximum Gasteiger partial charge on any atom is 0.410 e. The van der Waals surface area contributed by atoms with Crippen LogP contribution in [0.25, 0.3) is 0 Å². The van der Waals surface area contributed by atoms with Crippen molar-refractivity contribution in [1.29, 1.82) is 0 Å².